The van der Waals surface area contributed by atoms with Crippen LogP contribution in [0.25, 0.3) is 0 Å². The smallest absolute Gasteiger partial charge is 0.0240 e. The van der Waals surface area contributed by atoms with E-state index in [1.54, 1.807) is 0 Å². The Kier molecular flexibility index (Phi) is 4.85. The standard InChI is InChI=1S/C17H22N2/c1-2-16(18)13-19-17-10-8-15(9-11-17)12-14-6-4-3-5-7-14/h3-8,10,13,19H,2,9,11-12,18H2,1H3/b16-13-. The molecule has 1 aliphatic carbocycles. The van der Waals surface area contributed by atoms with Crippen molar-refractivity contribution in [2.75, 3.05) is 0 Å². The van der Waals surface area contributed by atoms with Gasteiger partial charge in [0, 0.05) is 17.6 Å². The van der Waals surface area contributed by atoms with Crippen molar-refractivity contribution in [3.63, 3.8) is 0 Å². The number of benzene rings is 1. The molecule has 0 heterocycles. The summed E-state index contributed by atoms with van der Waals surface area (Å²) in [5, 5.41) is 3.29. The van der Waals surface area contributed by atoms with Gasteiger partial charge in [0.05, 0.1) is 0 Å². The molecule has 19 heavy (non-hydrogen) atoms. The maximum atomic E-state index is 5.78. The molecule has 0 spiro atoms. The molecule has 0 saturated carbocycles. The third-order valence-electron chi connectivity index (χ3n) is 3.36. The van der Waals surface area contributed by atoms with E-state index in [4.69, 9.17) is 5.73 Å². The Morgan fingerprint density at radius 1 is 1.21 bits per heavy atom. The summed E-state index contributed by atoms with van der Waals surface area (Å²) in [6, 6.07) is 10.6. The highest BCUT2D eigenvalue weighted by molar-refractivity contribution is 5.29. The zero-order valence-corrected chi connectivity index (χ0v) is 11.5. The highest BCUT2D eigenvalue weighted by atomic mass is 14.9. The number of rotatable bonds is 5. The van der Waals surface area contributed by atoms with Crippen LogP contribution in [-0.2, 0) is 6.42 Å². The van der Waals surface area contributed by atoms with Gasteiger partial charge in [-0.25, -0.2) is 0 Å². The van der Waals surface area contributed by atoms with Crippen molar-refractivity contribution >= 4 is 0 Å². The van der Waals surface area contributed by atoms with E-state index < -0.39 is 0 Å². The van der Waals surface area contributed by atoms with Gasteiger partial charge in [-0.2, -0.15) is 0 Å². The molecule has 2 nitrogen and oxygen atoms in total. The fourth-order valence-corrected chi connectivity index (χ4v) is 2.09. The molecule has 0 fully saturated rings. The average molecular weight is 254 g/mol. The van der Waals surface area contributed by atoms with Crippen molar-refractivity contribution in [1.82, 2.24) is 5.32 Å². The number of nitrogens with two attached hydrogens (primary N) is 1. The van der Waals surface area contributed by atoms with E-state index in [0.717, 1.165) is 31.4 Å². The minimum Gasteiger partial charge on any atom is -0.401 e. The van der Waals surface area contributed by atoms with Gasteiger partial charge in [0.25, 0.3) is 0 Å². The lowest BCUT2D eigenvalue weighted by molar-refractivity contribution is 0.809. The van der Waals surface area contributed by atoms with E-state index >= 15 is 0 Å². The Hall–Kier alpha value is -1.96. The van der Waals surface area contributed by atoms with Crippen molar-refractivity contribution in [3.8, 4) is 0 Å². The Morgan fingerprint density at radius 2 is 2.00 bits per heavy atom. The van der Waals surface area contributed by atoms with Crippen LogP contribution >= 0.6 is 0 Å². The molecular weight excluding hydrogens is 232 g/mol. The predicted octanol–water partition coefficient (Wildman–Crippen LogP) is 3.63. The van der Waals surface area contributed by atoms with Crippen molar-refractivity contribution in [3.05, 3.63) is 71.2 Å². The molecule has 1 aliphatic rings. The van der Waals surface area contributed by atoms with Gasteiger partial charge < -0.3 is 11.1 Å². The molecule has 0 aliphatic heterocycles. The van der Waals surface area contributed by atoms with Gasteiger partial charge in [-0.05, 0) is 37.3 Å². The third kappa shape index (κ3) is 4.32. The van der Waals surface area contributed by atoms with Gasteiger partial charge in [0.15, 0.2) is 0 Å². The second kappa shape index (κ2) is 6.83. The minimum absolute atomic E-state index is 0.884. The molecule has 0 amide bonds. The highest BCUT2D eigenvalue weighted by Gasteiger charge is 2.06. The second-order valence-electron chi connectivity index (χ2n) is 4.90. The first-order valence-corrected chi connectivity index (χ1v) is 6.91. The molecule has 100 valence electrons. The molecule has 1 aromatic rings. The number of hydrogen-bond acceptors (Lipinski definition) is 2. The molecule has 0 unspecified atom stereocenters. The molecule has 2 rings (SSSR count). The van der Waals surface area contributed by atoms with Gasteiger partial charge in [-0.1, -0.05) is 48.9 Å². The summed E-state index contributed by atoms with van der Waals surface area (Å²) in [5.41, 5.74) is 10.8. The van der Waals surface area contributed by atoms with E-state index in [1.807, 2.05) is 6.20 Å². The van der Waals surface area contributed by atoms with Crippen LogP contribution in [0.15, 0.2) is 65.7 Å². The molecule has 2 heteroatoms. The first-order valence-electron chi connectivity index (χ1n) is 6.91. The van der Waals surface area contributed by atoms with Gasteiger partial charge in [0.1, 0.15) is 0 Å². The summed E-state index contributed by atoms with van der Waals surface area (Å²) in [6.45, 7) is 2.06. The van der Waals surface area contributed by atoms with Gasteiger partial charge in [0.2, 0.25) is 0 Å². The lowest BCUT2D eigenvalue weighted by Crippen LogP contribution is -2.11. The molecule has 0 radical (unpaired) electrons. The summed E-state index contributed by atoms with van der Waals surface area (Å²) in [6.07, 6.45) is 10.4. The van der Waals surface area contributed by atoms with Crippen LogP contribution < -0.4 is 11.1 Å². The summed E-state index contributed by atoms with van der Waals surface area (Å²) in [4.78, 5) is 0. The molecule has 0 bridgehead atoms. The lowest BCUT2D eigenvalue weighted by Gasteiger charge is -2.15. The molecule has 0 aromatic heterocycles. The van der Waals surface area contributed by atoms with E-state index in [2.05, 4.69) is 54.7 Å². The van der Waals surface area contributed by atoms with Crippen LogP contribution in [0, 0.1) is 0 Å². The van der Waals surface area contributed by atoms with E-state index in [9.17, 15) is 0 Å². The first-order chi connectivity index (χ1) is 9.28. The molecule has 0 saturated heterocycles. The van der Waals surface area contributed by atoms with Crippen molar-refractivity contribution in [2.24, 2.45) is 5.73 Å². The van der Waals surface area contributed by atoms with Crippen molar-refractivity contribution in [1.29, 1.82) is 0 Å². The topological polar surface area (TPSA) is 38.0 Å². The highest BCUT2D eigenvalue weighted by Crippen LogP contribution is 2.20. The van der Waals surface area contributed by atoms with E-state index in [-0.39, 0.29) is 0 Å². The summed E-state index contributed by atoms with van der Waals surface area (Å²) < 4.78 is 0. The quantitative estimate of drug-likeness (QED) is 0.842. The predicted molar refractivity (Wildman–Crippen MR) is 81.2 cm³/mol. The monoisotopic (exact) mass is 254 g/mol. The minimum atomic E-state index is 0.884. The molecule has 0 atom stereocenters. The Labute approximate surface area is 115 Å². The SMILES string of the molecule is CC/C(N)=C/NC1=CC=C(Cc2ccccc2)CC1. The van der Waals surface area contributed by atoms with Gasteiger partial charge in [-0.15, -0.1) is 0 Å². The van der Waals surface area contributed by atoms with Gasteiger partial charge in [-0.3, -0.25) is 0 Å². The molecule has 1 aromatic carbocycles. The second-order valence-corrected chi connectivity index (χ2v) is 4.90. The zero-order valence-electron chi connectivity index (χ0n) is 11.5. The van der Waals surface area contributed by atoms with Crippen LogP contribution in [0.5, 0.6) is 0 Å². The normalized spacial score (nSPS) is 15.7. The summed E-state index contributed by atoms with van der Waals surface area (Å²) in [7, 11) is 0. The number of hydrogen-bond donors (Lipinski definition) is 2. The molecule has 3 N–H and O–H groups in total. The van der Waals surface area contributed by atoms with Crippen LogP contribution in [-0.4, -0.2) is 0 Å². The Balaban J connectivity index is 1.93. The van der Waals surface area contributed by atoms with E-state index in [1.165, 1.54) is 16.8 Å². The van der Waals surface area contributed by atoms with Crippen LogP contribution in [0.3, 0.4) is 0 Å². The van der Waals surface area contributed by atoms with E-state index in [0.29, 0.717) is 0 Å². The van der Waals surface area contributed by atoms with Crippen molar-refractivity contribution in [2.45, 2.75) is 32.6 Å². The fourth-order valence-electron chi connectivity index (χ4n) is 2.09. The maximum absolute atomic E-state index is 5.78. The summed E-state index contributed by atoms with van der Waals surface area (Å²) in [5.74, 6) is 0. The Bertz CT molecular complexity index is 495. The fraction of sp³-hybridized carbons (Fsp3) is 0.294. The number of nitrogens with one attached hydrogen (secondary N) is 1. The Morgan fingerprint density at radius 3 is 2.63 bits per heavy atom. The first kappa shape index (κ1) is 13.5. The van der Waals surface area contributed by atoms with Gasteiger partial charge >= 0.3 is 0 Å². The van der Waals surface area contributed by atoms with Crippen molar-refractivity contribution < 1.29 is 0 Å². The molecular formula is C17H22N2. The van der Waals surface area contributed by atoms with Crippen LogP contribution in [0.4, 0.5) is 0 Å². The average Bonchev–Trinajstić information content (AvgIpc) is 2.47. The maximum Gasteiger partial charge on any atom is 0.0240 e. The van der Waals surface area contributed by atoms with Crippen LogP contribution in [0.1, 0.15) is 31.7 Å². The lowest BCUT2D eigenvalue weighted by atomic mass is 9.96. The summed E-state index contributed by atoms with van der Waals surface area (Å²) >= 11 is 0. The zero-order chi connectivity index (χ0) is 13.5. The number of allylic oxidation sites excluding steroid dienone is 5. The van der Waals surface area contributed by atoms with Crippen LogP contribution in [0.2, 0.25) is 0 Å². The third-order valence-corrected chi connectivity index (χ3v) is 3.36. The largest absolute Gasteiger partial charge is 0.401 e.